The number of hydrogen-bond donors (Lipinski definition) is 2. The van der Waals surface area contributed by atoms with E-state index >= 15 is 0 Å². The fourth-order valence-corrected chi connectivity index (χ4v) is 3.06. The van der Waals surface area contributed by atoms with E-state index in [0.29, 0.717) is 11.5 Å². The zero-order valence-electron chi connectivity index (χ0n) is 14.9. The molecular weight excluding hydrogens is 343 g/mol. The third-order valence-electron chi connectivity index (χ3n) is 5.15. The van der Waals surface area contributed by atoms with Gasteiger partial charge in [0.2, 0.25) is 11.8 Å². The molecule has 0 bridgehead atoms. The zero-order valence-corrected chi connectivity index (χ0v) is 14.9. The van der Waals surface area contributed by atoms with Crippen molar-refractivity contribution < 1.29 is 18.9 Å². The smallest absolute Gasteiger partial charge is 0.529 e. The van der Waals surface area contributed by atoms with Crippen molar-refractivity contribution in [3.63, 3.8) is 0 Å². The van der Waals surface area contributed by atoms with E-state index in [1.807, 2.05) is 36.4 Å². The van der Waals surface area contributed by atoms with Crippen LogP contribution < -0.4 is 20.4 Å². The van der Waals surface area contributed by atoms with Crippen LogP contribution in [-0.2, 0) is 15.0 Å². The first-order chi connectivity index (χ1) is 13.1. The molecule has 0 unspecified atom stereocenters. The van der Waals surface area contributed by atoms with Crippen molar-refractivity contribution in [1.82, 2.24) is 0 Å². The van der Waals surface area contributed by atoms with Crippen molar-refractivity contribution in [2.45, 2.75) is 31.1 Å². The third-order valence-corrected chi connectivity index (χ3v) is 5.15. The average molecular weight is 364 g/mol. The molecule has 0 saturated heterocycles. The maximum Gasteiger partial charge on any atom is 0.576 e. The zero-order chi connectivity index (χ0) is 18.9. The topological polar surface area (TPSA) is 90.7 Å². The van der Waals surface area contributed by atoms with Crippen LogP contribution >= 0.6 is 0 Å². The molecule has 0 aromatic heterocycles. The molecule has 0 heterocycles. The minimum absolute atomic E-state index is 0.0636. The highest BCUT2D eigenvalue weighted by atomic mass is 16.6. The number of benzene rings is 2. The Bertz CT molecular complexity index is 843. The maximum absolute atomic E-state index is 11.7. The second kappa shape index (κ2) is 6.98. The van der Waals surface area contributed by atoms with Crippen molar-refractivity contribution in [3.05, 3.63) is 54.1 Å². The van der Waals surface area contributed by atoms with Gasteiger partial charge < -0.3 is 20.4 Å². The molecular formula is C20H21BN2O4. The van der Waals surface area contributed by atoms with Gasteiger partial charge in [0.25, 0.3) is 0 Å². The summed E-state index contributed by atoms with van der Waals surface area (Å²) in [5, 5.41) is 2.88. The van der Waals surface area contributed by atoms with Crippen LogP contribution in [0.5, 0.6) is 11.5 Å². The van der Waals surface area contributed by atoms with Crippen LogP contribution in [0, 0.1) is 5.92 Å². The van der Waals surface area contributed by atoms with Crippen LogP contribution in [0.2, 0.25) is 0 Å². The van der Waals surface area contributed by atoms with E-state index in [2.05, 4.69) is 5.32 Å². The molecule has 0 aliphatic heterocycles. The summed E-state index contributed by atoms with van der Waals surface area (Å²) in [5.41, 5.74) is 6.71. The van der Waals surface area contributed by atoms with Gasteiger partial charge in [0.1, 0.15) is 11.5 Å². The summed E-state index contributed by atoms with van der Waals surface area (Å²) in [7, 11) is 0.0636. The first-order valence-corrected chi connectivity index (χ1v) is 9.14. The van der Waals surface area contributed by atoms with Crippen molar-refractivity contribution in [1.29, 1.82) is 0 Å². The van der Waals surface area contributed by atoms with E-state index in [4.69, 9.17) is 15.0 Å². The SMILES string of the molecule is NC(=O)C1(c2ccc(OBOc3ccc(NC(=O)C4CC4)cc3)cc2)CC1. The van der Waals surface area contributed by atoms with Gasteiger partial charge in [-0.3, -0.25) is 9.59 Å². The number of primary amides is 1. The first-order valence-electron chi connectivity index (χ1n) is 9.14. The van der Waals surface area contributed by atoms with E-state index in [-0.39, 0.29) is 25.4 Å². The molecule has 0 atom stereocenters. The summed E-state index contributed by atoms with van der Waals surface area (Å²) in [6.07, 6.45) is 3.58. The fraction of sp³-hybridized carbons (Fsp3) is 0.300. The van der Waals surface area contributed by atoms with Gasteiger partial charge in [-0.1, -0.05) is 12.1 Å². The fourth-order valence-electron chi connectivity index (χ4n) is 3.06. The Kier molecular flexibility index (Phi) is 4.52. The van der Waals surface area contributed by atoms with Crippen molar-refractivity contribution in [2.24, 2.45) is 11.7 Å². The average Bonchev–Trinajstić information content (AvgIpc) is 3.57. The van der Waals surface area contributed by atoms with Crippen LogP contribution in [-0.4, -0.2) is 19.5 Å². The van der Waals surface area contributed by atoms with Crippen LogP contribution in [0.3, 0.4) is 0 Å². The normalized spacial score (nSPS) is 16.9. The van der Waals surface area contributed by atoms with E-state index < -0.39 is 5.41 Å². The number of amides is 2. The Balaban J connectivity index is 1.26. The van der Waals surface area contributed by atoms with Crippen LogP contribution in [0.25, 0.3) is 0 Å². The highest BCUT2D eigenvalue weighted by Gasteiger charge is 2.49. The van der Waals surface area contributed by atoms with E-state index in [0.717, 1.165) is 36.9 Å². The van der Waals surface area contributed by atoms with Crippen molar-refractivity contribution in [3.8, 4) is 11.5 Å². The molecule has 2 amide bonds. The lowest BCUT2D eigenvalue weighted by Crippen LogP contribution is -2.28. The molecule has 6 nitrogen and oxygen atoms in total. The second-order valence-electron chi connectivity index (χ2n) is 7.17. The molecule has 4 rings (SSSR count). The molecule has 27 heavy (non-hydrogen) atoms. The van der Waals surface area contributed by atoms with Gasteiger partial charge in [-0.25, -0.2) is 0 Å². The number of carbonyl (C=O) groups excluding carboxylic acids is 2. The van der Waals surface area contributed by atoms with Crippen molar-refractivity contribution in [2.75, 3.05) is 5.32 Å². The summed E-state index contributed by atoms with van der Waals surface area (Å²) in [6, 6.07) is 14.6. The minimum atomic E-state index is -0.480. The summed E-state index contributed by atoms with van der Waals surface area (Å²) in [5.74, 6) is 1.31. The number of hydrogen-bond acceptors (Lipinski definition) is 4. The van der Waals surface area contributed by atoms with E-state index in [1.165, 1.54) is 0 Å². The molecule has 0 spiro atoms. The van der Waals surface area contributed by atoms with Gasteiger partial charge in [-0.2, -0.15) is 0 Å². The summed E-state index contributed by atoms with van der Waals surface area (Å²) < 4.78 is 11.2. The van der Waals surface area contributed by atoms with E-state index in [9.17, 15) is 9.59 Å². The van der Waals surface area contributed by atoms with Gasteiger partial charge in [-0.05, 0) is 67.6 Å². The molecule has 7 heteroatoms. The minimum Gasteiger partial charge on any atom is -0.529 e. The number of carbonyl (C=O) groups is 2. The monoisotopic (exact) mass is 364 g/mol. The van der Waals surface area contributed by atoms with Gasteiger partial charge >= 0.3 is 7.69 Å². The van der Waals surface area contributed by atoms with Gasteiger partial charge in [0.15, 0.2) is 0 Å². The molecule has 2 aliphatic rings. The van der Waals surface area contributed by atoms with Crippen LogP contribution in [0.15, 0.2) is 48.5 Å². The molecule has 138 valence electrons. The number of rotatable bonds is 8. The lowest BCUT2D eigenvalue weighted by molar-refractivity contribution is -0.120. The summed E-state index contributed by atoms with van der Waals surface area (Å²) in [6.45, 7) is 0. The standard InChI is InChI=1S/C20H21BN2O4/c22-19(25)20(11-12-20)14-3-7-16(8-4-14)26-21-27-17-9-5-15(6-10-17)23-18(24)13-1-2-13/h3-10,13,21H,1-2,11-12H2,(H2,22,25)(H,23,24). The molecule has 2 fully saturated rings. The number of nitrogens with two attached hydrogens (primary N) is 1. The second-order valence-corrected chi connectivity index (χ2v) is 7.17. The molecule has 2 aromatic carbocycles. The molecule has 2 saturated carbocycles. The maximum atomic E-state index is 11.7. The highest BCUT2D eigenvalue weighted by Crippen LogP contribution is 2.48. The quantitative estimate of drug-likeness (QED) is 0.703. The summed E-state index contributed by atoms with van der Waals surface area (Å²) >= 11 is 0. The number of nitrogens with one attached hydrogen (secondary N) is 1. The van der Waals surface area contributed by atoms with Gasteiger partial charge in [0.05, 0.1) is 5.41 Å². The first kappa shape index (κ1) is 17.5. The lowest BCUT2D eigenvalue weighted by Gasteiger charge is -2.12. The molecule has 2 aliphatic carbocycles. The van der Waals surface area contributed by atoms with Crippen molar-refractivity contribution >= 4 is 25.2 Å². The predicted molar refractivity (Wildman–Crippen MR) is 103 cm³/mol. The summed E-state index contributed by atoms with van der Waals surface area (Å²) in [4.78, 5) is 23.3. The van der Waals surface area contributed by atoms with Gasteiger partial charge in [-0.15, -0.1) is 0 Å². The molecule has 3 N–H and O–H groups in total. The predicted octanol–water partition coefficient (Wildman–Crippen LogP) is 2.28. The Labute approximate surface area is 158 Å². The molecule has 0 radical (unpaired) electrons. The highest BCUT2D eigenvalue weighted by molar-refractivity contribution is 6.20. The Morgan fingerprint density at radius 1 is 0.963 bits per heavy atom. The third kappa shape index (κ3) is 3.92. The van der Waals surface area contributed by atoms with Crippen LogP contribution in [0.1, 0.15) is 31.2 Å². The van der Waals surface area contributed by atoms with Gasteiger partial charge in [0, 0.05) is 11.6 Å². The molecule has 2 aromatic rings. The Hall–Kier alpha value is -2.96. The Morgan fingerprint density at radius 2 is 1.52 bits per heavy atom. The van der Waals surface area contributed by atoms with Crippen LogP contribution in [0.4, 0.5) is 5.69 Å². The number of anilines is 1. The van der Waals surface area contributed by atoms with E-state index in [1.54, 1.807) is 12.1 Å². The Morgan fingerprint density at radius 3 is 2.00 bits per heavy atom. The lowest BCUT2D eigenvalue weighted by atomic mass is 9.95. The largest absolute Gasteiger partial charge is 0.576 e.